The molecule has 128 valence electrons. The molecule has 1 N–H and O–H groups in total. The van der Waals surface area contributed by atoms with E-state index in [1.807, 2.05) is 6.07 Å². The molecule has 0 heterocycles. The molecule has 1 aromatic rings. The highest BCUT2D eigenvalue weighted by molar-refractivity contribution is 5.66. The molecule has 1 fully saturated rings. The predicted molar refractivity (Wildman–Crippen MR) is 90.2 cm³/mol. The van der Waals surface area contributed by atoms with Gasteiger partial charge in [-0.3, -0.25) is 4.79 Å². The molecule has 0 amide bonds. The molecule has 2 rings (SSSR count). The maximum absolute atomic E-state index is 10.8. The lowest BCUT2D eigenvalue weighted by Gasteiger charge is -2.18. The normalized spacial score (nSPS) is 16.3. The second-order valence-corrected chi connectivity index (χ2v) is 6.42. The van der Waals surface area contributed by atoms with Gasteiger partial charge in [0, 0.05) is 6.42 Å². The lowest BCUT2D eigenvalue weighted by molar-refractivity contribution is -0.137. The summed E-state index contributed by atoms with van der Waals surface area (Å²) in [5.74, 6) is 1.27. The molecule has 4 nitrogen and oxygen atoms in total. The summed E-state index contributed by atoms with van der Waals surface area (Å²) in [6, 6.07) is 6.09. The number of carboxylic acid groups (broad SMARTS) is 1. The summed E-state index contributed by atoms with van der Waals surface area (Å²) in [6.07, 6.45) is 7.82. The number of carbonyl (C=O) groups is 1. The van der Waals surface area contributed by atoms with Crippen LogP contribution in [0.1, 0.15) is 57.4 Å². The van der Waals surface area contributed by atoms with E-state index < -0.39 is 5.97 Å². The molecule has 1 aromatic carbocycles. The van der Waals surface area contributed by atoms with Crippen LogP contribution in [-0.4, -0.2) is 24.3 Å². The van der Waals surface area contributed by atoms with Gasteiger partial charge in [-0.15, -0.1) is 0 Å². The zero-order chi connectivity index (χ0) is 16.7. The van der Waals surface area contributed by atoms with Crippen molar-refractivity contribution in [3.8, 4) is 11.5 Å². The van der Waals surface area contributed by atoms with Crippen LogP contribution in [0.3, 0.4) is 0 Å². The van der Waals surface area contributed by atoms with Crippen LogP contribution in [0.5, 0.6) is 11.5 Å². The Balaban J connectivity index is 2.04. The van der Waals surface area contributed by atoms with E-state index in [1.165, 1.54) is 18.4 Å². The van der Waals surface area contributed by atoms with Gasteiger partial charge in [0.15, 0.2) is 11.5 Å². The number of hydrogen-bond donors (Lipinski definition) is 1. The van der Waals surface area contributed by atoms with Crippen molar-refractivity contribution in [3.05, 3.63) is 23.8 Å². The van der Waals surface area contributed by atoms with Crippen LogP contribution in [-0.2, 0) is 11.2 Å². The van der Waals surface area contributed by atoms with E-state index in [0.717, 1.165) is 43.6 Å². The van der Waals surface area contributed by atoms with Crippen molar-refractivity contribution >= 4 is 5.97 Å². The maximum atomic E-state index is 10.8. The number of aliphatic carboxylic acids is 1. The third-order valence-corrected chi connectivity index (χ3v) is 4.69. The average Bonchev–Trinajstić information content (AvgIpc) is 3.04. The first-order valence-corrected chi connectivity index (χ1v) is 8.67. The van der Waals surface area contributed by atoms with Crippen LogP contribution < -0.4 is 9.47 Å². The van der Waals surface area contributed by atoms with Crippen molar-refractivity contribution in [2.24, 2.45) is 5.92 Å². The Kier molecular flexibility index (Phi) is 6.75. The fourth-order valence-electron chi connectivity index (χ4n) is 3.24. The minimum Gasteiger partial charge on any atom is -0.493 e. The Morgan fingerprint density at radius 1 is 1.30 bits per heavy atom. The second kappa shape index (κ2) is 8.80. The zero-order valence-corrected chi connectivity index (χ0v) is 14.2. The summed E-state index contributed by atoms with van der Waals surface area (Å²) in [7, 11) is 1.66. The SMILES string of the molecule is CCC(CCC(=O)O)Cc1ccc(OC)c(OC2CCCC2)c1. The van der Waals surface area contributed by atoms with Gasteiger partial charge >= 0.3 is 5.97 Å². The molecule has 1 aliphatic carbocycles. The molecule has 0 bridgehead atoms. The Morgan fingerprint density at radius 2 is 2.04 bits per heavy atom. The highest BCUT2D eigenvalue weighted by Crippen LogP contribution is 2.33. The van der Waals surface area contributed by atoms with Gasteiger partial charge in [-0.25, -0.2) is 0 Å². The first kappa shape index (κ1) is 17.6. The van der Waals surface area contributed by atoms with Gasteiger partial charge < -0.3 is 14.6 Å². The lowest BCUT2D eigenvalue weighted by atomic mass is 9.92. The minimum absolute atomic E-state index is 0.236. The van der Waals surface area contributed by atoms with Crippen LogP contribution >= 0.6 is 0 Å². The monoisotopic (exact) mass is 320 g/mol. The topological polar surface area (TPSA) is 55.8 Å². The molecule has 1 unspecified atom stereocenters. The van der Waals surface area contributed by atoms with E-state index in [4.69, 9.17) is 14.6 Å². The van der Waals surface area contributed by atoms with Crippen LogP contribution in [0.25, 0.3) is 0 Å². The minimum atomic E-state index is -0.719. The molecule has 1 saturated carbocycles. The molecular weight excluding hydrogens is 292 g/mol. The average molecular weight is 320 g/mol. The Labute approximate surface area is 138 Å². The molecule has 0 aromatic heterocycles. The summed E-state index contributed by atoms with van der Waals surface area (Å²) >= 11 is 0. The van der Waals surface area contributed by atoms with Crippen molar-refractivity contribution in [1.29, 1.82) is 0 Å². The van der Waals surface area contributed by atoms with Crippen LogP contribution in [0.15, 0.2) is 18.2 Å². The number of ether oxygens (including phenoxy) is 2. The lowest BCUT2D eigenvalue weighted by Crippen LogP contribution is -2.12. The first-order chi connectivity index (χ1) is 11.1. The van der Waals surface area contributed by atoms with Gasteiger partial charge in [-0.05, 0) is 62.1 Å². The summed E-state index contributed by atoms with van der Waals surface area (Å²) < 4.78 is 11.6. The van der Waals surface area contributed by atoms with E-state index in [9.17, 15) is 4.79 Å². The Morgan fingerprint density at radius 3 is 2.65 bits per heavy atom. The van der Waals surface area contributed by atoms with Gasteiger partial charge in [0.1, 0.15) is 0 Å². The fourth-order valence-corrected chi connectivity index (χ4v) is 3.24. The molecule has 4 heteroatoms. The van der Waals surface area contributed by atoms with Crippen molar-refractivity contribution in [2.45, 2.75) is 64.4 Å². The van der Waals surface area contributed by atoms with Crippen LogP contribution in [0, 0.1) is 5.92 Å². The molecule has 1 aliphatic rings. The largest absolute Gasteiger partial charge is 0.493 e. The molecule has 0 aliphatic heterocycles. The highest BCUT2D eigenvalue weighted by Gasteiger charge is 2.19. The zero-order valence-electron chi connectivity index (χ0n) is 14.2. The van der Waals surface area contributed by atoms with Crippen LogP contribution in [0.2, 0.25) is 0 Å². The summed E-state index contributed by atoms with van der Waals surface area (Å²) in [5, 5.41) is 8.86. The van der Waals surface area contributed by atoms with Gasteiger partial charge in [-0.1, -0.05) is 19.4 Å². The number of rotatable bonds is 9. The van der Waals surface area contributed by atoms with E-state index in [0.29, 0.717) is 12.0 Å². The quantitative estimate of drug-likeness (QED) is 0.730. The molecular formula is C19H28O4. The third kappa shape index (κ3) is 5.45. The Bertz CT molecular complexity index is 506. The summed E-state index contributed by atoms with van der Waals surface area (Å²) in [5.41, 5.74) is 1.19. The number of benzene rings is 1. The van der Waals surface area contributed by atoms with E-state index in [1.54, 1.807) is 7.11 Å². The van der Waals surface area contributed by atoms with Crippen molar-refractivity contribution in [1.82, 2.24) is 0 Å². The number of carboxylic acids is 1. The van der Waals surface area contributed by atoms with Crippen molar-refractivity contribution in [2.75, 3.05) is 7.11 Å². The van der Waals surface area contributed by atoms with E-state index >= 15 is 0 Å². The van der Waals surface area contributed by atoms with Crippen molar-refractivity contribution < 1.29 is 19.4 Å². The molecule has 1 atom stereocenters. The van der Waals surface area contributed by atoms with Gasteiger partial charge in [0.2, 0.25) is 0 Å². The van der Waals surface area contributed by atoms with Crippen molar-refractivity contribution in [3.63, 3.8) is 0 Å². The van der Waals surface area contributed by atoms with E-state index in [-0.39, 0.29) is 6.42 Å². The first-order valence-electron chi connectivity index (χ1n) is 8.67. The molecule has 0 spiro atoms. The standard InChI is InChI=1S/C19H28O4/c1-3-14(9-11-19(20)21)12-15-8-10-17(22-2)18(13-15)23-16-6-4-5-7-16/h8,10,13-14,16H,3-7,9,11-12H2,1-2H3,(H,20,21). The van der Waals surface area contributed by atoms with Gasteiger partial charge in [-0.2, -0.15) is 0 Å². The molecule has 0 saturated heterocycles. The highest BCUT2D eigenvalue weighted by atomic mass is 16.5. The van der Waals surface area contributed by atoms with Gasteiger partial charge in [0.05, 0.1) is 13.2 Å². The van der Waals surface area contributed by atoms with E-state index in [2.05, 4.69) is 19.1 Å². The maximum Gasteiger partial charge on any atom is 0.303 e. The van der Waals surface area contributed by atoms with Gasteiger partial charge in [0.25, 0.3) is 0 Å². The summed E-state index contributed by atoms with van der Waals surface area (Å²) in [6.45, 7) is 2.12. The second-order valence-electron chi connectivity index (χ2n) is 6.42. The fraction of sp³-hybridized carbons (Fsp3) is 0.632. The number of methoxy groups -OCH3 is 1. The van der Waals surface area contributed by atoms with Crippen LogP contribution in [0.4, 0.5) is 0 Å². The number of hydrogen-bond acceptors (Lipinski definition) is 3. The Hall–Kier alpha value is -1.71. The summed E-state index contributed by atoms with van der Waals surface area (Å²) in [4.78, 5) is 10.8. The smallest absolute Gasteiger partial charge is 0.303 e. The third-order valence-electron chi connectivity index (χ3n) is 4.69. The predicted octanol–water partition coefficient (Wildman–Crippen LogP) is 4.45. The molecule has 0 radical (unpaired) electrons. The molecule has 23 heavy (non-hydrogen) atoms.